The molecule has 0 spiro atoms. The summed E-state index contributed by atoms with van der Waals surface area (Å²) in [6.45, 7) is 1.97. The molecule has 15 heavy (non-hydrogen) atoms. The van der Waals surface area contributed by atoms with Gasteiger partial charge >= 0.3 is 22.4 Å². The summed E-state index contributed by atoms with van der Waals surface area (Å²) in [5, 5.41) is 0. The van der Waals surface area contributed by atoms with Crippen molar-refractivity contribution < 1.29 is 22.4 Å². The van der Waals surface area contributed by atoms with Crippen LogP contribution in [0.4, 0.5) is 5.69 Å². The standard InChI is InChI=1S/C12H11N2.Ag/c1-10-7-8-12(14-10)9-13-11-5-3-2-4-6-11;/h2-9H,1H3;/q-1;+1. The molecule has 0 aliphatic carbocycles. The number of aromatic nitrogens is 1. The summed E-state index contributed by atoms with van der Waals surface area (Å²) in [5.41, 5.74) is 2.89. The molecule has 80 valence electrons. The fourth-order valence-corrected chi connectivity index (χ4v) is 1.21. The van der Waals surface area contributed by atoms with E-state index in [0.29, 0.717) is 0 Å². The Morgan fingerprint density at radius 2 is 1.80 bits per heavy atom. The zero-order valence-electron chi connectivity index (χ0n) is 8.31. The van der Waals surface area contributed by atoms with Gasteiger partial charge in [0.1, 0.15) is 0 Å². The molecule has 0 radical (unpaired) electrons. The second-order valence-electron chi connectivity index (χ2n) is 3.11. The first-order chi connectivity index (χ1) is 6.84. The summed E-state index contributed by atoms with van der Waals surface area (Å²) in [6.07, 6.45) is 1.78. The first kappa shape index (κ1) is 12.0. The molecule has 0 unspecified atom stereocenters. The average Bonchev–Trinajstić information content (AvgIpc) is 2.63. The molecule has 0 aliphatic rings. The van der Waals surface area contributed by atoms with Crippen LogP contribution in [0.2, 0.25) is 0 Å². The van der Waals surface area contributed by atoms with Crippen molar-refractivity contribution in [2.24, 2.45) is 4.99 Å². The smallest absolute Gasteiger partial charge is 0.660 e. The van der Waals surface area contributed by atoms with E-state index in [9.17, 15) is 0 Å². The van der Waals surface area contributed by atoms with Gasteiger partial charge in [-0.2, -0.15) is 5.69 Å². The van der Waals surface area contributed by atoms with E-state index in [1.165, 1.54) is 0 Å². The molecule has 0 fully saturated rings. The molecule has 2 aromatic rings. The van der Waals surface area contributed by atoms with Gasteiger partial charge in [0.2, 0.25) is 0 Å². The molecule has 2 nitrogen and oxygen atoms in total. The Bertz CT molecular complexity index is 432. The van der Waals surface area contributed by atoms with E-state index in [0.717, 1.165) is 17.1 Å². The molecule has 0 saturated carbocycles. The minimum atomic E-state index is 0. The van der Waals surface area contributed by atoms with Crippen LogP contribution in [0.5, 0.6) is 0 Å². The third-order valence-electron chi connectivity index (χ3n) is 1.90. The first-order valence-electron chi connectivity index (χ1n) is 4.54. The molecule has 0 saturated heterocycles. The predicted octanol–water partition coefficient (Wildman–Crippen LogP) is 2.70. The largest absolute Gasteiger partial charge is 1.00 e. The zero-order valence-corrected chi connectivity index (χ0v) is 9.80. The van der Waals surface area contributed by atoms with Crippen molar-refractivity contribution in [3.05, 3.63) is 53.9 Å². The van der Waals surface area contributed by atoms with Gasteiger partial charge < -0.3 is 4.98 Å². The van der Waals surface area contributed by atoms with Crippen molar-refractivity contribution in [3.63, 3.8) is 0 Å². The van der Waals surface area contributed by atoms with Gasteiger partial charge in [-0.1, -0.05) is 37.3 Å². The van der Waals surface area contributed by atoms with E-state index in [2.05, 4.69) is 9.98 Å². The molecule has 0 atom stereocenters. The van der Waals surface area contributed by atoms with E-state index >= 15 is 0 Å². The maximum Gasteiger partial charge on any atom is 1.00 e. The minimum Gasteiger partial charge on any atom is -0.660 e. The van der Waals surface area contributed by atoms with Gasteiger partial charge in [0.25, 0.3) is 0 Å². The van der Waals surface area contributed by atoms with Crippen molar-refractivity contribution in [3.8, 4) is 0 Å². The number of rotatable bonds is 2. The van der Waals surface area contributed by atoms with E-state index in [-0.39, 0.29) is 22.4 Å². The number of hydrogen-bond donors (Lipinski definition) is 0. The summed E-state index contributed by atoms with van der Waals surface area (Å²) in [4.78, 5) is 8.58. The third-order valence-corrected chi connectivity index (χ3v) is 1.90. The van der Waals surface area contributed by atoms with Crippen molar-refractivity contribution >= 4 is 11.9 Å². The fraction of sp³-hybridized carbons (Fsp3) is 0.0833. The fourth-order valence-electron chi connectivity index (χ4n) is 1.21. The van der Waals surface area contributed by atoms with Gasteiger partial charge in [-0.3, -0.25) is 4.99 Å². The predicted molar refractivity (Wildman–Crippen MR) is 58.2 cm³/mol. The SMILES string of the molecule is Cc1ccc(C=Nc2ccccc2)[n-]1.[Ag+]. The zero-order chi connectivity index (χ0) is 9.80. The average molecular weight is 291 g/mol. The van der Waals surface area contributed by atoms with Crippen LogP contribution in [-0.2, 0) is 22.4 Å². The maximum atomic E-state index is 4.30. The molecule has 1 heterocycles. The van der Waals surface area contributed by atoms with Crippen LogP contribution in [0.1, 0.15) is 11.4 Å². The van der Waals surface area contributed by atoms with Gasteiger partial charge in [0, 0.05) is 6.21 Å². The Hall–Kier alpha value is -1.09. The molecule has 1 aromatic heterocycles. The Morgan fingerprint density at radius 3 is 2.40 bits per heavy atom. The number of benzene rings is 1. The van der Waals surface area contributed by atoms with Gasteiger partial charge in [0.05, 0.1) is 5.69 Å². The molecule has 0 N–H and O–H groups in total. The third kappa shape index (κ3) is 3.51. The Morgan fingerprint density at radius 1 is 1.07 bits per heavy atom. The summed E-state index contributed by atoms with van der Waals surface area (Å²) in [5.74, 6) is 0. The molecule has 0 bridgehead atoms. The second-order valence-corrected chi connectivity index (χ2v) is 3.11. The number of aliphatic imine (C=N–C) groups is 1. The van der Waals surface area contributed by atoms with E-state index < -0.39 is 0 Å². The maximum absolute atomic E-state index is 4.30. The van der Waals surface area contributed by atoms with Crippen LogP contribution < -0.4 is 4.98 Å². The second kappa shape index (κ2) is 5.71. The van der Waals surface area contributed by atoms with Crippen LogP contribution in [-0.4, -0.2) is 6.21 Å². The van der Waals surface area contributed by atoms with Gasteiger partial charge in [0.15, 0.2) is 0 Å². The van der Waals surface area contributed by atoms with Gasteiger partial charge in [-0.15, -0.1) is 5.69 Å². The van der Waals surface area contributed by atoms with Crippen molar-refractivity contribution in [2.45, 2.75) is 6.92 Å². The normalized spacial score (nSPS) is 10.2. The summed E-state index contributed by atoms with van der Waals surface area (Å²) in [6, 6.07) is 13.8. The molecular weight excluding hydrogens is 280 g/mol. The van der Waals surface area contributed by atoms with Crippen molar-refractivity contribution in [1.82, 2.24) is 4.98 Å². The van der Waals surface area contributed by atoms with E-state index in [4.69, 9.17) is 0 Å². The summed E-state index contributed by atoms with van der Waals surface area (Å²) >= 11 is 0. The number of para-hydroxylation sites is 1. The Balaban J connectivity index is 0.00000112. The Kier molecular flexibility index (Phi) is 4.56. The van der Waals surface area contributed by atoms with Crippen LogP contribution in [0.3, 0.4) is 0 Å². The van der Waals surface area contributed by atoms with Gasteiger partial charge in [-0.25, -0.2) is 0 Å². The number of nitrogens with zero attached hydrogens (tertiary/aromatic N) is 2. The quantitative estimate of drug-likeness (QED) is 0.617. The molecule has 2 rings (SSSR count). The molecule has 3 heteroatoms. The van der Waals surface area contributed by atoms with Crippen LogP contribution in [0.15, 0.2) is 47.5 Å². The van der Waals surface area contributed by atoms with E-state index in [1.54, 1.807) is 6.21 Å². The molecule has 0 amide bonds. The van der Waals surface area contributed by atoms with E-state index in [1.807, 2.05) is 49.4 Å². The number of aryl methyl sites for hydroxylation is 1. The topological polar surface area (TPSA) is 26.5 Å². The molecular formula is C12H11AgN2. The summed E-state index contributed by atoms with van der Waals surface area (Å²) < 4.78 is 0. The van der Waals surface area contributed by atoms with Crippen molar-refractivity contribution in [1.29, 1.82) is 0 Å². The Labute approximate surface area is 105 Å². The molecule has 1 aromatic carbocycles. The summed E-state index contributed by atoms with van der Waals surface area (Å²) in [7, 11) is 0. The number of hydrogen-bond acceptors (Lipinski definition) is 1. The monoisotopic (exact) mass is 290 g/mol. The first-order valence-corrected chi connectivity index (χ1v) is 4.54. The minimum absolute atomic E-state index is 0. The molecule has 0 aliphatic heterocycles. The van der Waals surface area contributed by atoms with Crippen LogP contribution in [0.25, 0.3) is 0 Å². The van der Waals surface area contributed by atoms with Gasteiger partial charge in [-0.05, 0) is 12.1 Å². The van der Waals surface area contributed by atoms with Crippen LogP contribution >= 0.6 is 0 Å². The van der Waals surface area contributed by atoms with Crippen molar-refractivity contribution in [2.75, 3.05) is 0 Å². The van der Waals surface area contributed by atoms with Crippen LogP contribution in [0, 0.1) is 6.92 Å².